The molecule has 2 aliphatic heterocycles. The molecule has 3 rings (SSSR count). The van der Waals surface area contributed by atoms with E-state index in [4.69, 9.17) is 0 Å². The van der Waals surface area contributed by atoms with E-state index in [1.165, 1.54) is 37.7 Å². The smallest absolute Gasteiger partial charge is 0.0536 e. The molecule has 20 heavy (non-hydrogen) atoms. The van der Waals surface area contributed by atoms with E-state index in [-0.39, 0.29) is 0 Å². The largest absolute Gasteiger partial charge is 0.314 e. The highest BCUT2D eigenvalue weighted by molar-refractivity contribution is 5.00. The second-order valence-electron chi connectivity index (χ2n) is 6.48. The van der Waals surface area contributed by atoms with Gasteiger partial charge in [-0.15, -0.1) is 0 Å². The number of rotatable bonds is 5. The van der Waals surface area contributed by atoms with Crippen molar-refractivity contribution < 1.29 is 0 Å². The van der Waals surface area contributed by atoms with Crippen molar-refractivity contribution in [2.75, 3.05) is 13.1 Å². The Morgan fingerprint density at radius 3 is 2.60 bits per heavy atom. The average Bonchev–Trinajstić information content (AvgIpc) is 2.82. The number of nitrogens with one attached hydrogen (secondary N) is 1. The zero-order chi connectivity index (χ0) is 13.9. The van der Waals surface area contributed by atoms with Crippen molar-refractivity contribution in [2.45, 2.75) is 70.6 Å². The molecule has 0 radical (unpaired) electrons. The number of fused-ring (bicyclic) bond motifs is 2. The summed E-state index contributed by atoms with van der Waals surface area (Å²) < 4.78 is 2.10. The molecule has 4 nitrogen and oxygen atoms in total. The molecule has 1 aromatic heterocycles. The van der Waals surface area contributed by atoms with Gasteiger partial charge in [0, 0.05) is 30.9 Å². The van der Waals surface area contributed by atoms with Crippen molar-refractivity contribution in [2.24, 2.45) is 0 Å². The number of nitrogens with zero attached hydrogens (tertiary/aromatic N) is 3. The van der Waals surface area contributed by atoms with Gasteiger partial charge in [0.1, 0.15) is 0 Å². The molecule has 1 aromatic rings. The number of hydrogen-bond donors (Lipinski definition) is 1. The van der Waals surface area contributed by atoms with Crippen LogP contribution in [-0.4, -0.2) is 45.9 Å². The lowest BCUT2D eigenvalue weighted by atomic mass is 9.81. The van der Waals surface area contributed by atoms with Gasteiger partial charge in [0.2, 0.25) is 0 Å². The van der Waals surface area contributed by atoms with Crippen molar-refractivity contribution in [1.29, 1.82) is 0 Å². The lowest BCUT2D eigenvalue weighted by Crippen LogP contribution is -2.56. The fourth-order valence-electron chi connectivity index (χ4n) is 4.11. The molecule has 1 N–H and O–H groups in total. The van der Waals surface area contributed by atoms with Crippen LogP contribution in [0, 0.1) is 6.92 Å². The SMILES string of the molecule is CCNC1CC2CCCC(C1)N2CCn1cc(C)cn1. The zero-order valence-electron chi connectivity index (χ0n) is 12.9. The predicted molar refractivity (Wildman–Crippen MR) is 81.8 cm³/mol. The Bertz CT molecular complexity index is 414. The van der Waals surface area contributed by atoms with E-state index in [1.807, 2.05) is 6.20 Å². The second kappa shape index (κ2) is 6.27. The molecule has 0 spiro atoms. The zero-order valence-corrected chi connectivity index (χ0v) is 12.9. The number of hydrogen-bond acceptors (Lipinski definition) is 3. The number of piperidine rings is 2. The van der Waals surface area contributed by atoms with Crippen LogP contribution in [0.2, 0.25) is 0 Å². The van der Waals surface area contributed by atoms with Crippen LogP contribution in [0.25, 0.3) is 0 Å². The first-order chi connectivity index (χ1) is 9.76. The minimum atomic E-state index is 0.749. The van der Waals surface area contributed by atoms with E-state index in [0.717, 1.165) is 37.8 Å². The van der Waals surface area contributed by atoms with Crippen LogP contribution in [0.15, 0.2) is 12.4 Å². The first-order valence-corrected chi connectivity index (χ1v) is 8.24. The van der Waals surface area contributed by atoms with Crippen LogP contribution in [0.1, 0.15) is 44.6 Å². The van der Waals surface area contributed by atoms with E-state index >= 15 is 0 Å². The highest BCUT2D eigenvalue weighted by Crippen LogP contribution is 2.33. The Kier molecular flexibility index (Phi) is 4.41. The van der Waals surface area contributed by atoms with Gasteiger partial charge in [-0.25, -0.2) is 0 Å². The van der Waals surface area contributed by atoms with Gasteiger partial charge < -0.3 is 5.32 Å². The lowest BCUT2D eigenvalue weighted by molar-refractivity contribution is 0.0216. The normalized spacial score (nSPS) is 30.6. The molecule has 2 unspecified atom stereocenters. The van der Waals surface area contributed by atoms with Gasteiger partial charge in [-0.1, -0.05) is 13.3 Å². The molecule has 2 aliphatic rings. The molecule has 3 heterocycles. The number of aromatic nitrogens is 2. The highest BCUT2D eigenvalue weighted by atomic mass is 15.3. The summed E-state index contributed by atoms with van der Waals surface area (Å²) in [5.74, 6) is 0. The molecule has 112 valence electrons. The third-order valence-corrected chi connectivity index (χ3v) is 4.97. The van der Waals surface area contributed by atoms with Gasteiger partial charge in [-0.2, -0.15) is 5.10 Å². The fourth-order valence-corrected chi connectivity index (χ4v) is 4.11. The standard InChI is InChI=1S/C16H28N4/c1-3-17-14-9-15-5-4-6-16(10-14)20(15)8-7-19-12-13(2)11-18-19/h11-12,14-17H,3-10H2,1-2H3. The van der Waals surface area contributed by atoms with Crippen molar-refractivity contribution >= 4 is 0 Å². The van der Waals surface area contributed by atoms with Crippen molar-refractivity contribution in [3.05, 3.63) is 18.0 Å². The molecule has 0 aliphatic carbocycles. The van der Waals surface area contributed by atoms with E-state index in [0.29, 0.717) is 0 Å². The first-order valence-electron chi connectivity index (χ1n) is 8.24. The van der Waals surface area contributed by atoms with E-state index in [9.17, 15) is 0 Å². The Labute approximate surface area is 122 Å². The van der Waals surface area contributed by atoms with Crippen molar-refractivity contribution in [3.63, 3.8) is 0 Å². The monoisotopic (exact) mass is 276 g/mol. The topological polar surface area (TPSA) is 33.1 Å². The predicted octanol–water partition coefficient (Wildman–Crippen LogP) is 2.19. The molecule has 2 atom stereocenters. The molecule has 0 saturated carbocycles. The maximum absolute atomic E-state index is 4.42. The van der Waals surface area contributed by atoms with Crippen LogP contribution in [-0.2, 0) is 6.54 Å². The van der Waals surface area contributed by atoms with Crippen molar-refractivity contribution in [1.82, 2.24) is 20.0 Å². The van der Waals surface area contributed by atoms with Crippen LogP contribution in [0.4, 0.5) is 0 Å². The maximum Gasteiger partial charge on any atom is 0.0536 e. The minimum Gasteiger partial charge on any atom is -0.314 e. The van der Waals surface area contributed by atoms with Gasteiger partial charge in [0.05, 0.1) is 12.7 Å². The number of aryl methyl sites for hydroxylation is 1. The average molecular weight is 276 g/mol. The molecule has 2 fully saturated rings. The molecule has 2 bridgehead atoms. The summed E-state index contributed by atoms with van der Waals surface area (Å²) in [6.45, 7) is 7.64. The Morgan fingerprint density at radius 1 is 1.25 bits per heavy atom. The van der Waals surface area contributed by atoms with Gasteiger partial charge >= 0.3 is 0 Å². The molecular weight excluding hydrogens is 248 g/mol. The summed E-state index contributed by atoms with van der Waals surface area (Å²) in [6, 6.07) is 2.34. The van der Waals surface area contributed by atoms with Gasteiger partial charge in [0.15, 0.2) is 0 Å². The Morgan fingerprint density at radius 2 is 2.00 bits per heavy atom. The fraction of sp³-hybridized carbons (Fsp3) is 0.812. The van der Waals surface area contributed by atoms with Gasteiger partial charge in [0.25, 0.3) is 0 Å². The Hall–Kier alpha value is -0.870. The molecule has 0 aromatic carbocycles. The van der Waals surface area contributed by atoms with E-state index in [1.54, 1.807) is 0 Å². The minimum absolute atomic E-state index is 0.749. The third-order valence-electron chi connectivity index (χ3n) is 4.97. The summed E-state index contributed by atoms with van der Waals surface area (Å²) in [5.41, 5.74) is 1.26. The van der Waals surface area contributed by atoms with Crippen LogP contribution >= 0.6 is 0 Å². The molecule has 0 amide bonds. The van der Waals surface area contributed by atoms with Gasteiger partial charge in [-0.05, 0) is 44.7 Å². The van der Waals surface area contributed by atoms with Gasteiger partial charge in [-0.3, -0.25) is 9.58 Å². The molecular formula is C16H28N4. The maximum atomic E-state index is 4.42. The summed E-state index contributed by atoms with van der Waals surface area (Å²) in [5, 5.41) is 8.08. The molecule has 2 saturated heterocycles. The summed E-state index contributed by atoms with van der Waals surface area (Å²) in [4.78, 5) is 2.77. The highest BCUT2D eigenvalue weighted by Gasteiger charge is 2.37. The van der Waals surface area contributed by atoms with Crippen molar-refractivity contribution in [3.8, 4) is 0 Å². The summed E-state index contributed by atoms with van der Waals surface area (Å²) >= 11 is 0. The first kappa shape index (κ1) is 14.1. The Balaban J connectivity index is 1.59. The van der Waals surface area contributed by atoms with Crippen LogP contribution in [0.5, 0.6) is 0 Å². The van der Waals surface area contributed by atoms with E-state index in [2.05, 4.69) is 40.0 Å². The lowest BCUT2D eigenvalue weighted by Gasteiger charge is -2.49. The van der Waals surface area contributed by atoms with Crippen LogP contribution < -0.4 is 5.32 Å². The summed E-state index contributed by atoms with van der Waals surface area (Å²) in [7, 11) is 0. The third kappa shape index (κ3) is 3.07. The quantitative estimate of drug-likeness (QED) is 0.895. The molecule has 4 heteroatoms. The van der Waals surface area contributed by atoms with Crippen LogP contribution in [0.3, 0.4) is 0 Å². The van der Waals surface area contributed by atoms with E-state index < -0.39 is 0 Å². The second-order valence-corrected chi connectivity index (χ2v) is 6.48. The summed E-state index contributed by atoms with van der Waals surface area (Å²) in [6.07, 6.45) is 11.0.